The Bertz CT molecular complexity index is 447. The molecule has 0 saturated carbocycles. The second kappa shape index (κ2) is 7.75. The number of methoxy groups -OCH3 is 1. The molecule has 0 aliphatic carbocycles. The van der Waals surface area contributed by atoms with Gasteiger partial charge in [-0.2, -0.15) is 0 Å². The van der Waals surface area contributed by atoms with Gasteiger partial charge in [0.05, 0.1) is 19.3 Å². The molecule has 0 aliphatic heterocycles. The number of carbonyl (C=O) groups excluding carboxylic acids is 1. The molecule has 0 radical (unpaired) electrons. The number of nitrogens with one attached hydrogen (secondary N) is 1. The molecule has 0 unspecified atom stereocenters. The standard InChI is InChI=1S/C15H25N3O2/c1-5-18(10-15(19)17-11(2)3)9-12-6-7-14(20-4)13(16)8-12/h6-8,11H,5,9-10,16H2,1-4H3,(H,17,19). The lowest BCUT2D eigenvalue weighted by Gasteiger charge is -2.21. The van der Waals surface area contributed by atoms with E-state index in [1.54, 1.807) is 7.11 Å². The summed E-state index contributed by atoms with van der Waals surface area (Å²) >= 11 is 0. The van der Waals surface area contributed by atoms with Crippen LogP contribution in [0.1, 0.15) is 26.3 Å². The minimum absolute atomic E-state index is 0.0448. The Hall–Kier alpha value is -1.75. The van der Waals surface area contributed by atoms with Crippen LogP contribution in [0.3, 0.4) is 0 Å². The van der Waals surface area contributed by atoms with Gasteiger partial charge in [0.2, 0.25) is 5.91 Å². The van der Waals surface area contributed by atoms with Crippen molar-refractivity contribution in [1.29, 1.82) is 0 Å². The normalized spacial score (nSPS) is 10.9. The van der Waals surface area contributed by atoms with Crippen LogP contribution in [0.4, 0.5) is 5.69 Å². The second-order valence-corrected chi connectivity index (χ2v) is 5.10. The number of carbonyl (C=O) groups is 1. The summed E-state index contributed by atoms with van der Waals surface area (Å²) in [6.07, 6.45) is 0. The molecule has 5 heteroatoms. The Balaban J connectivity index is 2.64. The monoisotopic (exact) mass is 279 g/mol. The number of benzene rings is 1. The molecule has 3 N–H and O–H groups in total. The topological polar surface area (TPSA) is 67.6 Å². The minimum atomic E-state index is 0.0448. The average Bonchev–Trinajstić information content (AvgIpc) is 2.37. The van der Waals surface area contributed by atoms with E-state index in [1.165, 1.54) is 0 Å². The van der Waals surface area contributed by atoms with Gasteiger partial charge in [-0.3, -0.25) is 9.69 Å². The number of nitrogens with two attached hydrogens (primary N) is 1. The summed E-state index contributed by atoms with van der Waals surface area (Å²) in [6, 6.07) is 5.88. The predicted molar refractivity (Wildman–Crippen MR) is 81.6 cm³/mol. The van der Waals surface area contributed by atoms with Crippen LogP contribution in [0.25, 0.3) is 0 Å². The van der Waals surface area contributed by atoms with E-state index >= 15 is 0 Å². The highest BCUT2D eigenvalue weighted by Crippen LogP contribution is 2.22. The van der Waals surface area contributed by atoms with Crippen LogP contribution in [-0.4, -0.2) is 37.0 Å². The molecular formula is C15H25N3O2. The maximum atomic E-state index is 11.8. The lowest BCUT2D eigenvalue weighted by molar-refractivity contribution is -0.122. The third kappa shape index (κ3) is 5.09. The van der Waals surface area contributed by atoms with Gasteiger partial charge < -0.3 is 15.8 Å². The summed E-state index contributed by atoms with van der Waals surface area (Å²) in [5, 5.41) is 2.90. The van der Waals surface area contributed by atoms with Crippen LogP contribution in [0.2, 0.25) is 0 Å². The van der Waals surface area contributed by atoms with E-state index in [9.17, 15) is 4.79 Å². The van der Waals surface area contributed by atoms with Crippen molar-refractivity contribution in [3.8, 4) is 5.75 Å². The molecule has 0 spiro atoms. The fraction of sp³-hybridized carbons (Fsp3) is 0.533. The van der Waals surface area contributed by atoms with Crippen LogP contribution < -0.4 is 15.8 Å². The molecule has 0 saturated heterocycles. The first-order chi connectivity index (χ1) is 9.46. The highest BCUT2D eigenvalue weighted by Gasteiger charge is 2.11. The second-order valence-electron chi connectivity index (χ2n) is 5.10. The van der Waals surface area contributed by atoms with Gasteiger partial charge in [-0.05, 0) is 38.1 Å². The van der Waals surface area contributed by atoms with Crippen LogP contribution in [0.15, 0.2) is 18.2 Å². The van der Waals surface area contributed by atoms with E-state index in [4.69, 9.17) is 10.5 Å². The molecule has 0 fully saturated rings. The molecule has 5 nitrogen and oxygen atoms in total. The maximum Gasteiger partial charge on any atom is 0.234 e. The molecule has 1 aromatic carbocycles. The zero-order chi connectivity index (χ0) is 15.1. The number of likely N-dealkylation sites (N-methyl/N-ethyl adjacent to an activating group) is 1. The summed E-state index contributed by atoms with van der Waals surface area (Å²) in [6.45, 7) is 7.83. The van der Waals surface area contributed by atoms with E-state index in [1.807, 2.05) is 39.0 Å². The van der Waals surface area contributed by atoms with Crippen LogP contribution >= 0.6 is 0 Å². The number of anilines is 1. The Morgan fingerprint density at radius 2 is 2.15 bits per heavy atom. The van der Waals surface area contributed by atoms with Gasteiger partial charge in [0, 0.05) is 12.6 Å². The maximum absolute atomic E-state index is 11.8. The first-order valence-electron chi connectivity index (χ1n) is 6.90. The molecule has 1 rings (SSSR count). The van der Waals surface area contributed by atoms with E-state index in [0.29, 0.717) is 24.5 Å². The highest BCUT2D eigenvalue weighted by atomic mass is 16.5. The summed E-state index contributed by atoms with van der Waals surface area (Å²) in [4.78, 5) is 13.9. The average molecular weight is 279 g/mol. The van der Waals surface area contributed by atoms with Crippen molar-refractivity contribution in [3.05, 3.63) is 23.8 Å². The number of amides is 1. The lowest BCUT2D eigenvalue weighted by Crippen LogP contribution is -2.39. The number of nitrogen functional groups attached to an aromatic ring is 1. The molecule has 112 valence electrons. The van der Waals surface area contributed by atoms with E-state index in [-0.39, 0.29) is 11.9 Å². The van der Waals surface area contributed by atoms with Gasteiger partial charge >= 0.3 is 0 Å². The number of nitrogens with zero attached hydrogens (tertiary/aromatic N) is 1. The SMILES string of the molecule is CCN(CC(=O)NC(C)C)Cc1ccc(OC)c(N)c1. The van der Waals surface area contributed by atoms with Crippen molar-refractivity contribution in [3.63, 3.8) is 0 Å². The number of hydrogen-bond donors (Lipinski definition) is 2. The van der Waals surface area contributed by atoms with Crippen molar-refractivity contribution in [2.75, 3.05) is 25.9 Å². The van der Waals surface area contributed by atoms with Crippen LogP contribution in [0.5, 0.6) is 5.75 Å². The predicted octanol–water partition coefficient (Wildman–Crippen LogP) is 1.62. The van der Waals surface area contributed by atoms with Crippen LogP contribution in [-0.2, 0) is 11.3 Å². The minimum Gasteiger partial charge on any atom is -0.495 e. The number of rotatable bonds is 7. The van der Waals surface area contributed by atoms with E-state index < -0.39 is 0 Å². The van der Waals surface area contributed by atoms with Crippen molar-refractivity contribution < 1.29 is 9.53 Å². The molecule has 0 bridgehead atoms. The number of hydrogen-bond acceptors (Lipinski definition) is 4. The molecule has 0 atom stereocenters. The van der Waals surface area contributed by atoms with Crippen molar-refractivity contribution in [1.82, 2.24) is 10.2 Å². The van der Waals surface area contributed by atoms with Gasteiger partial charge in [-0.1, -0.05) is 13.0 Å². The van der Waals surface area contributed by atoms with Crippen LogP contribution in [0, 0.1) is 0 Å². The zero-order valence-corrected chi connectivity index (χ0v) is 12.8. The Labute approximate surface area is 121 Å². The molecule has 0 aliphatic rings. The highest BCUT2D eigenvalue weighted by molar-refractivity contribution is 5.78. The van der Waals surface area contributed by atoms with Crippen molar-refractivity contribution in [2.45, 2.75) is 33.4 Å². The van der Waals surface area contributed by atoms with E-state index in [2.05, 4.69) is 10.2 Å². The Kier molecular flexibility index (Phi) is 6.31. The zero-order valence-electron chi connectivity index (χ0n) is 12.8. The smallest absolute Gasteiger partial charge is 0.234 e. The quantitative estimate of drug-likeness (QED) is 0.744. The molecule has 20 heavy (non-hydrogen) atoms. The van der Waals surface area contributed by atoms with E-state index in [0.717, 1.165) is 12.1 Å². The molecule has 0 aromatic heterocycles. The molecule has 1 aromatic rings. The lowest BCUT2D eigenvalue weighted by atomic mass is 10.1. The largest absolute Gasteiger partial charge is 0.495 e. The first kappa shape index (κ1) is 16.3. The first-order valence-corrected chi connectivity index (χ1v) is 6.90. The fourth-order valence-corrected chi connectivity index (χ4v) is 1.99. The van der Waals surface area contributed by atoms with Crippen molar-refractivity contribution in [2.24, 2.45) is 0 Å². The van der Waals surface area contributed by atoms with Gasteiger partial charge in [-0.25, -0.2) is 0 Å². The van der Waals surface area contributed by atoms with Crippen molar-refractivity contribution >= 4 is 11.6 Å². The Morgan fingerprint density at radius 1 is 1.45 bits per heavy atom. The third-order valence-electron chi connectivity index (χ3n) is 2.96. The van der Waals surface area contributed by atoms with Gasteiger partial charge in [-0.15, -0.1) is 0 Å². The summed E-state index contributed by atoms with van der Waals surface area (Å²) < 4.78 is 5.14. The Morgan fingerprint density at radius 3 is 2.65 bits per heavy atom. The number of ether oxygens (including phenoxy) is 1. The summed E-state index contributed by atoms with van der Waals surface area (Å²) in [7, 11) is 1.60. The van der Waals surface area contributed by atoms with Gasteiger partial charge in [0.15, 0.2) is 0 Å². The molecular weight excluding hydrogens is 254 g/mol. The third-order valence-corrected chi connectivity index (χ3v) is 2.96. The fourth-order valence-electron chi connectivity index (χ4n) is 1.99. The molecule has 0 heterocycles. The summed E-state index contributed by atoms with van der Waals surface area (Å²) in [5.74, 6) is 0.720. The molecule has 1 amide bonds. The van der Waals surface area contributed by atoms with Gasteiger partial charge in [0.1, 0.15) is 5.75 Å². The summed E-state index contributed by atoms with van der Waals surface area (Å²) in [5.41, 5.74) is 7.58. The van der Waals surface area contributed by atoms with Gasteiger partial charge in [0.25, 0.3) is 0 Å².